The van der Waals surface area contributed by atoms with Crippen molar-refractivity contribution in [3.8, 4) is 0 Å². The fourth-order valence-electron chi connectivity index (χ4n) is 7.50. The Bertz CT molecular complexity index is 1140. The van der Waals surface area contributed by atoms with Gasteiger partial charge in [0.1, 0.15) is 5.78 Å². The van der Waals surface area contributed by atoms with E-state index in [1.165, 1.54) is 23.2 Å². The van der Waals surface area contributed by atoms with Gasteiger partial charge in [-0.3, -0.25) is 14.7 Å². The van der Waals surface area contributed by atoms with E-state index < -0.39 is 5.92 Å². The van der Waals surface area contributed by atoms with Crippen molar-refractivity contribution in [2.45, 2.75) is 94.6 Å². The maximum atomic E-state index is 13.7. The lowest BCUT2D eigenvalue weighted by atomic mass is 9.80. The maximum Gasteiger partial charge on any atom is 0.248 e. The average Bonchev–Trinajstić information content (AvgIpc) is 3.03. The lowest BCUT2D eigenvalue weighted by Crippen LogP contribution is -2.55. The fourth-order valence-corrected chi connectivity index (χ4v) is 7.50. The van der Waals surface area contributed by atoms with Crippen LogP contribution in [0.4, 0.5) is 8.78 Å². The van der Waals surface area contributed by atoms with Gasteiger partial charge in [-0.15, -0.1) is 0 Å². The van der Waals surface area contributed by atoms with Crippen molar-refractivity contribution in [1.82, 2.24) is 20.1 Å². The molecule has 6 nitrogen and oxygen atoms in total. The Morgan fingerprint density at radius 2 is 1.93 bits per heavy atom. The number of carbonyl (C=O) groups excluding carboxylic acids is 1. The van der Waals surface area contributed by atoms with Gasteiger partial charge in [-0.2, -0.15) is 0 Å². The van der Waals surface area contributed by atoms with Crippen LogP contribution in [0.2, 0.25) is 0 Å². The van der Waals surface area contributed by atoms with E-state index >= 15 is 0 Å². The number of ketones is 1. The average molecular weight is 596 g/mol. The molecule has 1 saturated heterocycles. The molecule has 0 spiro atoms. The Hall–Kier alpha value is -2.26. The van der Waals surface area contributed by atoms with E-state index in [-0.39, 0.29) is 30.5 Å². The van der Waals surface area contributed by atoms with Gasteiger partial charge in [-0.25, -0.2) is 8.78 Å². The minimum atomic E-state index is -2.61. The molecule has 3 aliphatic rings. The first-order chi connectivity index (χ1) is 20.9. The molecule has 0 bridgehead atoms. The number of aromatic nitrogens is 1. The van der Waals surface area contributed by atoms with E-state index in [4.69, 9.17) is 10.7 Å². The number of nitrogens with one attached hydrogen (secondary N) is 1. The van der Waals surface area contributed by atoms with E-state index in [0.717, 1.165) is 77.9 Å². The minimum Gasteiger partial charge on any atom is -0.330 e. The molecule has 1 aromatic heterocycles. The summed E-state index contributed by atoms with van der Waals surface area (Å²) >= 11 is 0. The summed E-state index contributed by atoms with van der Waals surface area (Å²) in [5, 5.41) is 3.79. The summed E-state index contributed by atoms with van der Waals surface area (Å²) in [7, 11) is 0. The van der Waals surface area contributed by atoms with Crippen LogP contribution in [0.25, 0.3) is 0 Å². The van der Waals surface area contributed by atoms with Crippen molar-refractivity contribution in [3.05, 3.63) is 65.5 Å². The number of Topliss-reactive ketones (excluding diaryl/α,β-unsaturated/α-hetero) is 1. The second kappa shape index (κ2) is 15.6. The quantitative estimate of drug-likeness (QED) is 0.272. The predicted octanol–water partition coefficient (Wildman–Crippen LogP) is 5.73. The Morgan fingerprint density at radius 1 is 1.12 bits per heavy atom. The zero-order chi connectivity index (χ0) is 30.1. The molecular formula is C35H51F2N5O. The number of halogens is 2. The number of fused-ring (bicyclic) bond motifs is 1. The number of hydrogen-bond donors (Lipinski definition) is 2. The van der Waals surface area contributed by atoms with Gasteiger partial charge in [0.05, 0.1) is 11.7 Å². The van der Waals surface area contributed by atoms with E-state index in [9.17, 15) is 13.6 Å². The molecule has 1 aromatic carbocycles. The summed E-state index contributed by atoms with van der Waals surface area (Å²) in [6.45, 7) is 6.57. The van der Waals surface area contributed by atoms with Crippen molar-refractivity contribution in [2.75, 3.05) is 45.8 Å². The third-order valence-electron chi connectivity index (χ3n) is 9.98. The molecule has 2 heterocycles. The number of piperazine rings is 1. The van der Waals surface area contributed by atoms with Crippen molar-refractivity contribution in [1.29, 1.82) is 0 Å². The summed E-state index contributed by atoms with van der Waals surface area (Å²) in [5.74, 6) is -2.55. The summed E-state index contributed by atoms with van der Waals surface area (Å²) in [4.78, 5) is 23.3. The molecule has 0 amide bonds. The van der Waals surface area contributed by atoms with Crippen LogP contribution < -0.4 is 11.1 Å². The standard InChI is InChI=1S/C35H51F2N5O/c36-35(37)16-13-28(14-17-35)33(43)24-30(27-8-2-1-3-9-27)15-22-41-23-20-39-31(25-41)26-42(21-5-4-18-38)32-12-6-10-29-11-7-19-40-34(29)32/h1-3,7-9,11,19,28,30-32,39H,4-6,10,12-18,20-26,38H2/t30-,31-,32+/m1/s1. The van der Waals surface area contributed by atoms with Crippen LogP contribution in [0.1, 0.15) is 93.0 Å². The molecular weight excluding hydrogens is 544 g/mol. The van der Waals surface area contributed by atoms with Crippen molar-refractivity contribution in [3.63, 3.8) is 0 Å². The lowest BCUT2D eigenvalue weighted by Gasteiger charge is -2.41. The molecule has 3 N–H and O–H groups in total. The number of alkyl halides is 2. The highest BCUT2D eigenvalue weighted by atomic mass is 19.3. The topological polar surface area (TPSA) is 74.5 Å². The van der Waals surface area contributed by atoms with Crippen molar-refractivity contribution >= 4 is 5.78 Å². The Kier molecular flexibility index (Phi) is 11.7. The van der Waals surface area contributed by atoms with Gasteiger partial charge in [-0.1, -0.05) is 36.4 Å². The fraction of sp³-hybridized carbons (Fsp3) is 0.657. The summed E-state index contributed by atoms with van der Waals surface area (Å²) < 4.78 is 27.4. The third-order valence-corrected chi connectivity index (χ3v) is 9.98. The monoisotopic (exact) mass is 595 g/mol. The number of benzene rings is 1. The molecule has 2 aliphatic carbocycles. The lowest BCUT2D eigenvalue weighted by molar-refractivity contribution is -0.127. The van der Waals surface area contributed by atoms with Crippen molar-refractivity contribution in [2.24, 2.45) is 11.7 Å². The summed E-state index contributed by atoms with van der Waals surface area (Å²) in [6, 6.07) is 15.3. The van der Waals surface area contributed by atoms with Crippen LogP contribution in [0, 0.1) is 5.92 Å². The van der Waals surface area contributed by atoms with E-state index in [1.54, 1.807) is 0 Å². The van der Waals surface area contributed by atoms with Crippen LogP contribution >= 0.6 is 0 Å². The highest BCUT2D eigenvalue weighted by Gasteiger charge is 2.38. The summed E-state index contributed by atoms with van der Waals surface area (Å²) in [6.07, 6.45) is 9.17. The van der Waals surface area contributed by atoms with Crippen LogP contribution in [0.5, 0.6) is 0 Å². The van der Waals surface area contributed by atoms with Crippen LogP contribution in [0.3, 0.4) is 0 Å². The molecule has 0 unspecified atom stereocenters. The molecule has 0 radical (unpaired) electrons. The van der Waals surface area contributed by atoms with Gasteiger partial charge in [0.25, 0.3) is 0 Å². The second-order valence-electron chi connectivity index (χ2n) is 13.1. The summed E-state index contributed by atoms with van der Waals surface area (Å²) in [5.41, 5.74) is 9.68. The van der Waals surface area contributed by atoms with Gasteiger partial charge in [0.2, 0.25) is 5.92 Å². The van der Waals surface area contributed by atoms with Crippen molar-refractivity contribution < 1.29 is 13.6 Å². The maximum absolute atomic E-state index is 13.7. The smallest absolute Gasteiger partial charge is 0.248 e. The normalized spacial score (nSPS) is 23.6. The molecule has 2 aromatic rings. The number of unbranched alkanes of at least 4 members (excludes halogenated alkanes) is 1. The highest BCUT2D eigenvalue weighted by molar-refractivity contribution is 5.82. The predicted molar refractivity (Wildman–Crippen MR) is 168 cm³/mol. The van der Waals surface area contributed by atoms with Crippen LogP contribution in [0.15, 0.2) is 48.7 Å². The number of nitrogens with two attached hydrogens (primary N) is 1. The first kappa shape index (κ1) is 32.1. The third kappa shape index (κ3) is 9.13. The van der Waals surface area contributed by atoms with Crippen LogP contribution in [-0.4, -0.2) is 78.3 Å². The molecule has 2 fully saturated rings. The zero-order valence-electron chi connectivity index (χ0n) is 25.7. The molecule has 236 valence electrons. The molecule has 43 heavy (non-hydrogen) atoms. The van der Waals surface area contributed by atoms with E-state index in [0.29, 0.717) is 31.3 Å². The van der Waals surface area contributed by atoms with Crippen LogP contribution in [-0.2, 0) is 11.2 Å². The minimum absolute atomic E-state index is 0.113. The molecule has 8 heteroatoms. The Balaban J connectivity index is 1.20. The largest absolute Gasteiger partial charge is 0.330 e. The Morgan fingerprint density at radius 3 is 2.72 bits per heavy atom. The van der Waals surface area contributed by atoms with Gasteiger partial charge in [-0.05, 0) is 94.1 Å². The number of carbonyl (C=O) groups is 1. The zero-order valence-corrected chi connectivity index (χ0v) is 25.7. The number of hydrogen-bond acceptors (Lipinski definition) is 6. The first-order valence-corrected chi connectivity index (χ1v) is 16.7. The number of aryl methyl sites for hydroxylation is 1. The first-order valence-electron chi connectivity index (χ1n) is 16.7. The SMILES string of the molecule is NCCCCN(C[C@H]1CN(CC[C@H](CC(=O)C2CCC(F)(F)CC2)c2ccccc2)CCN1)[C@H]1CCCc2cccnc21. The van der Waals surface area contributed by atoms with E-state index in [1.807, 2.05) is 24.4 Å². The number of rotatable bonds is 14. The molecule has 3 atom stereocenters. The second-order valence-corrected chi connectivity index (χ2v) is 13.1. The highest BCUT2D eigenvalue weighted by Crippen LogP contribution is 2.38. The number of nitrogens with zero attached hydrogens (tertiary/aromatic N) is 3. The number of pyridine rings is 1. The van der Waals surface area contributed by atoms with Gasteiger partial charge in [0.15, 0.2) is 0 Å². The van der Waals surface area contributed by atoms with Gasteiger partial charge in [0, 0.05) is 63.6 Å². The molecule has 1 aliphatic heterocycles. The molecule has 5 rings (SSSR count). The molecule has 1 saturated carbocycles. The van der Waals surface area contributed by atoms with Gasteiger partial charge >= 0.3 is 0 Å². The Labute approximate surface area is 256 Å². The van der Waals surface area contributed by atoms with Gasteiger partial charge < -0.3 is 16.0 Å². The van der Waals surface area contributed by atoms with E-state index in [2.05, 4.69) is 39.4 Å².